The summed E-state index contributed by atoms with van der Waals surface area (Å²) in [7, 11) is 0. The van der Waals surface area contributed by atoms with Gasteiger partial charge in [-0.3, -0.25) is 0 Å². The molecule has 1 aromatic rings. The minimum atomic E-state index is 0.616. The van der Waals surface area contributed by atoms with E-state index in [1.165, 1.54) is 12.8 Å². The number of pyridine rings is 1. The van der Waals surface area contributed by atoms with Gasteiger partial charge in [-0.1, -0.05) is 17.5 Å². The van der Waals surface area contributed by atoms with Gasteiger partial charge in [0.25, 0.3) is 0 Å². The molecule has 3 heteroatoms. The molecule has 1 saturated carbocycles. The molecule has 0 amide bonds. The molecular weight excluding hydrogens is 208 g/mol. The Hall–Kier alpha value is -1.20. The Bertz CT molecular complexity index is 362. The van der Waals surface area contributed by atoms with E-state index >= 15 is 0 Å². The van der Waals surface area contributed by atoms with Crippen molar-refractivity contribution >= 4 is 17.4 Å². The first-order valence-electron chi connectivity index (χ1n) is 5.09. The van der Waals surface area contributed by atoms with E-state index in [0.29, 0.717) is 11.6 Å². The molecule has 1 aliphatic carbocycles. The lowest BCUT2D eigenvalue weighted by atomic mass is 10.3. The highest BCUT2D eigenvalue weighted by Gasteiger charge is 2.24. The van der Waals surface area contributed by atoms with Crippen LogP contribution < -0.4 is 4.90 Å². The molecule has 2 rings (SSSR count). The molecule has 1 aliphatic rings. The summed E-state index contributed by atoms with van der Waals surface area (Å²) in [5.74, 6) is 4.39. The Kier molecular flexibility index (Phi) is 3.13. The molecule has 2 nitrogen and oxygen atoms in total. The fraction of sp³-hybridized carbons (Fsp3) is 0.417. The number of rotatable bonds is 4. The number of aromatic nitrogens is 1. The van der Waals surface area contributed by atoms with Crippen LogP contribution in [0, 0.1) is 18.3 Å². The van der Waals surface area contributed by atoms with Crippen LogP contribution in [0.3, 0.4) is 0 Å². The van der Waals surface area contributed by atoms with Crippen LogP contribution in [0.25, 0.3) is 0 Å². The van der Waals surface area contributed by atoms with E-state index in [0.717, 1.165) is 18.3 Å². The van der Waals surface area contributed by atoms with E-state index in [2.05, 4.69) is 15.8 Å². The summed E-state index contributed by atoms with van der Waals surface area (Å²) in [4.78, 5) is 6.41. The first kappa shape index (κ1) is 10.3. The number of nitrogens with zero attached hydrogens (tertiary/aromatic N) is 2. The summed E-state index contributed by atoms with van der Waals surface area (Å²) in [6.07, 6.45) is 9.64. The largest absolute Gasteiger partial charge is 0.345 e. The van der Waals surface area contributed by atoms with Gasteiger partial charge in [-0.2, -0.15) is 0 Å². The van der Waals surface area contributed by atoms with Crippen LogP contribution in [0.1, 0.15) is 12.8 Å². The second-order valence-electron chi connectivity index (χ2n) is 3.86. The maximum absolute atomic E-state index is 5.79. The molecule has 78 valence electrons. The van der Waals surface area contributed by atoms with Crippen molar-refractivity contribution < 1.29 is 0 Å². The van der Waals surface area contributed by atoms with Gasteiger partial charge in [0.2, 0.25) is 0 Å². The molecule has 0 N–H and O–H groups in total. The van der Waals surface area contributed by atoms with E-state index in [4.69, 9.17) is 18.0 Å². The van der Waals surface area contributed by atoms with Gasteiger partial charge in [0.15, 0.2) is 0 Å². The summed E-state index contributed by atoms with van der Waals surface area (Å²) < 4.78 is 0. The molecule has 0 aliphatic heterocycles. The normalized spacial score (nSPS) is 14.7. The van der Waals surface area contributed by atoms with E-state index < -0.39 is 0 Å². The molecule has 0 unspecified atom stereocenters. The van der Waals surface area contributed by atoms with Crippen molar-refractivity contribution in [1.82, 2.24) is 4.98 Å². The van der Waals surface area contributed by atoms with E-state index in [9.17, 15) is 0 Å². The van der Waals surface area contributed by atoms with E-state index in [1.807, 2.05) is 12.1 Å². The first-order valence-corrected chi connectivity index (χ1v) is 5.47. The fourth-order valence-electron chi connectivity index (χ4n) is 1.52. The highest BCUT2D eigenvalue weighted by atomic mass is 35.5. The molecule has 1 aromatic heterocycles. The third-order valence-corrected chi connectivity index (χ3v) is 2.72. The Labute approximate surface area is 95.3 Å². The van der Waals surface area contributed by atoms with Gasteiger partial charge in [0.1, 0.15) is 5.82 Å². The van der Waals surface area contributed by atoms with E-state index in [-0.39, 0.29) is 0 Å². The lowest BCUT2D eigenvalue weighted by molar-refractivity contribution is 0.755. The summed E-state index contributed by atoms with van der Waals surface area (Å²) in [6, 6.07) is 3.77. The average Bonchev–Trinajstić information content (AvgIpc) is 3.02. The minimum absolute atomic E-state index is 0.616. The molecule has 0 saturated heterocycles. The molecule has 0 bridgehead atoms. The second kappa shape index (κ2) is 4.55. The summed E-state index contributed by atoms with van der Waals surface area (Å²) in [6.45, 7) is 1.63. The Balaban J connectivity index is 2.08. The lowest BCUT2D eigenvalue weighted by Crippen LogP contribution is -2.26. The number of halogens is 1. The Morgan fingerprint density at radius 1 is 1.53 bits per heavy atom. The highest BCUT2D eigenvalue weighted by molar-refractivity contribution is 6.30. The van der Waals surface area contributed by atoms with Crippen molar-refractivity contribution in [2.45, 2.75) is 12.8 Å². The average molecular weight is 221 g/mol. The molecule has 0 aromatic carbocycles. The molecular formula is C12H13ClN2. The van der Waals surface area contributed by atoms with E-state index in [1.54, 1.807) is 6.20 Å². The Morgan fingerprint density at radius 2 is 2.33 bits per heavy atom. The number of hydrogen-bond donors (Lipinski definition) is 0. The minimum Gasteiger partial charge on any atom is -0.345 e. The van der Waals surface area contributed by atoms with Crippen LogP contribution in [-0.4, -0.2) is 18.1 Å². The molecule has 15 heavy (non-hydrogen) atoms. The summed E-state index contributed by atoms with van der Waals surface area (Å²) in [5.41, 5.74) is 0. The van der Waals surface area contributed by atoms with Crippen LogP contribution in [0.15, 0.2) is 18.3 Å². The summed E-state index contributed by atoms with van der Waals surface area (Å²) in [5, 5.41) is 0.658. The van der Waals surface area contributed by atoms with Gasteiger partial charge >= 0.3 is 0 Å². The van der Waals surface area contributed by atoms with Crippen molar-refractivity contribution in [1.29, 1.82) is 0 Å². The molecule has 0 spiro atoms. The van der Waals surface area contributed by atoms with Gasteiger partial charge in [0.05, 0.1) is 11.6 Å². The maximum Gasteiger partial charge on any atom is 0.129 e. The lowest BCUT2D eigenvalue weighted by Gasteiger charge is -2.20. The SMILES string of the molecule is C#CCN(CC1CC1)c1ccc(Cl)cn1. The monoisotopic (exact) mass is 220 g/mol. The standard InChI is InChI=1S/C12H13ClN2/c1-2-7-15(9-10-3-4-10)12-6-5-11(13)8-14-12/h1,5-6,8,10H,3-4,7,9H2. The van der Waals surface area contributed by atoms with Crippen molar-refractivity contribution in [3.05, 3.63) is 23.4 Å². The second-order valence-corrected chi connectivity index (χ2v) is 4.30. The molecule has 0 atom stereocenters. The maximum atomic E-state index is 5.79. The zero-order valence-electron chi connectivity index (χ0n) is 8.49. The van der Waals surface area contributed by atoms with Gasteiger partial charge in [-0.15, -0.1) is 6.42 Å². The van der Waals surface area contributed by atoms with Crippen molar-refractivity contribution in [3.63, 3.8) is 0 Å². The topological polar surface area (TPSA) is 16.1 Å². The van der Waals surface area contributed by atoms with Gasteiger partial charge < -0.3 is 4.90 Å². The molecule has 0 radical (unpaired) electrons. The predicted octanol–water partition coefficient (Wildman–Crippen LogP) is 2.58. The predicted molar refractivity (Wildman–Crippen MR) is 63.0 cm³/mol. The van der Waals surface area contributed by atoms with Gasteiger partial charge in [-0.25, -0.2) is 4.98 Å². The van der Waals surface area contributed by atoms with Gasteiger partial charge in [-0.05, 0) is 30.9 Å². The molecule has 1 fully saturated rings. The zero-order valence-corrected chi connectivity index (χ0v) is 9.24. The van der Waals surface area contributed by atoms with Crippen LogP contribution >= 0.6 is 11.6 Å². The fourth-order valence-corrected chi connectivity index (χ4v) is 1.63. The van der Waals surface area contributed by atoms with Crippen molar-refractivity contribution in [3.8, 4) is 12.3 Å². The first-order chi connectivity index (χ1) is 7.29. The third kappa shape index (κ3) is 2.87. The Morgan fingerprint density at radius 3 is 2.87 bits per heavy atom. The van der Waals surface area contributed by atoms with Crippen LogP contribution in [0.4, 0.5) is 5.82 Å². The molecule has 1 heterocycles. The summed E-state index contributed by atoms with van der Waals surface area (Å²) >= 11 is 5.79. The third-order valence-electron chi connectivity index (χ3n) is 2.49. The van der Waals surface area contributed by atoms with Crippen LogP contribution in [0.5, 0.6) is 0 Å². The highest BCUT2D eigenvalue weighted by Crippen LogP contribution is 2.30. The van der Waals surface area contributed by atoms with Crippen LogP contribution in [0.2, 0.25) is 5.02 Å². The zero-order chi connectivity index (χ0) is 10.7. The van der Waals surface area contributed by atoms with Gasteiger partial charge in [0, 0.05) is 12.7 Å². The number of terminal acetylenes is 1. The number of hydrogen-bond acceptors (Lipinski definition) is 2. The number of anilines is 1. The van der Waals surface area contributed by atoms with Crippen molar-refractivity contribution in [2.75, 3.05) is 18.0 Å². The smallest absolute Gasteiger partial charge is 0.129 e. The van der Waals surface area contributed by atoms with Crippen LogP contribution in [-0.2, 0) is 0 Å². The van der Waals surface area contributed by atoms with Crippen molar-refractivity contribution in [2.24, 2.45) is 5.92 Å². The quantitative estimate of drug-likeness (QED) is 0.726.